The van der Waals surface area contributed by atoms with E-state index in [0.717, 1.165) is 38.1 Å². The van der Waals surface area contributed by atoms with Crippen molar-refractivity contribution < 1.29 is 4.74 Å². The summed E-state index contributed by atoms with van der Waals surface area (Å²) in [6.45, 7) is 1.52. The minimum absolute atomic E-state index is 0. The molecule has 0 aromatic heterocycles. The Morgan fingerprint density at radius 2 is 1.67 bits per heavy atom. The van der Waals surface area contributed by atoms with Crippen LogP contribution in [0.4, 0.5) is 0 Å². The highest BCUT2D eigenvalue weighted by Gasteiger charge is 1.96. The third-order valence-corrected chi connectivity index (χ3v) is 3.63. The number of hydrogen-bond donors (Lipinski definition) is 2. The van der Waals surface area contributed by atoms with Gasteiger partial charge in [0.15, 0.2) is 5.96 Å². The van der Waals surface area contributed by atoms with Crippen LogP contribution in [0, 0.1) is 0 Å². The Labute approximate surface area is 161 Å². The van der Waals surface area contributed by atoms with Crippen LogP contribution < -0.4 is 15.8 Å². The number of nitrogens with zero attached hydrogens (tertiary/aromatic N) is 1. The summed E-state index contributed by atoms with van der Waals surface area (Å²) >= 11 is 0. The lowest BCUT2D eigenvalue weighted by Crippen LogP contribution is -2.33. The van der Waals surface area contributed by atoms with E-state index in [2.05, 4.69) is 46.7 Å². The van der Waals surface area contributed by atoms with Crippen molar-refractivity contribution in [2.75, 3.05) is 20.2 Å². The van der Waals surface area contributed by atoms with Gasteiger partial charge in [0.25, 0.3) is 0 Å². The summed E-state index contributed by atoms with van der Waals surface area (Å²) in [6.07, 6.45) is 2.94. The molecule has 0 heterocycles. The number of aliphatic imine (C=N–C) groups is 1. The lowest BCUT2D eigenvalue weighted by Gasteiger charge is -2.07. The van der Waals surface area contributed by atoms with E-state index in [1.165, 1.54) is 11.1 Å². The molecule has 0 radical (unpaired) electrons. The first-order chi connectivity index (χ1) is 11.3. The fourth-order valence-electron chi connectivity index (χ4n) is 2.31. The summed E-state index contributed by atoms with van der Waals surface area (Å²) in [5.74, 6) is 1.40. The Bertz CT molecular complexity index is 600. The Morgan fingerprint density at radius 3 is 2.33 bits per heavy atom. The Hall–Kier alpha value is -1.76. The van der Waals surface area contributed by atoms with E-state index in [0.29, 0.717) is 5.96 Å². The standard InChI is InChI=1S/C19H25N3O.HI/c1-23-18-11-9-17(10-12-18)13-15-22-19(20)21-14-5-8-16-6-3-2-4-7-16;/h2-4,6-7,9-12H,5,8,13-15H2,1H3,(H3,20,21,22);1H. The molecule has 5 heteroatoms. The zero-order valence-electron chi connectivity index (χ0n) is 14.1. The highest BCUT2D eigenvalue weighted by molar-refractivity contribution is 14.0. The van der Waals surface area contributed by atoms with E-state index in [4.69, 9.17) is 10.5 Å². The average Bonchev–Trinajstić information content (AvgIpc) is 2.60. The van der Waals surface area contributed by atoms with E-state index in [1.54, 1.807) is 7.11 Å². The minimum atomic E-state index is 0. The summed E-state index contributed by atoms with van der Waals surface area (Å²) < 4.78 is 5.14. The minimum Gasteiger partial charge on any atom is -0.497 e. The third kappa shape index (κ3) is 7.68. The number of ether oxygens (including phenoxy) is 1. The first kappa shape index (κ1) is 20.3. The van der Waals surface area contributed by atoms with Gasteiger partial charge in [0.2, 0.25) is 0 Å². The van der Waals surface area contributed by atoms with Crippen LogP contribution in [0.5, 0.6) is 5.75 Å². The van der Waals surface area contributed by atoms with Crippen LogP contribution in [0.1, 0.15) is 17.5 Å². The van der Waals surface area contributed by atoms with Gasteiger partial charge in [0.1, 0.15) is 5.75 Å². The molecule has 0 spiro atoms. The Kier molecular flexibility index (Phi) is 9.91. The number of hydrogen-bond acceptors (Lipinski definition) is 2. The van der Waals surface area contributed by atoms with Crippen LogP contribution in [0.2, 0.25) is 0 Å². The second kappa shape index (κ2) is 11.7. The molecule has 0 fully saturated rings. The third-order valence-electron chi connectivity index (χ3n) is 3.63. The van der Waals surface area contributed by atoms with Gasteiger partial charge < -0.3 is 15.8 Å². The van der Waals surface area contributed by atoms with Crippen LogP contribution in [0.25, 0.3) is 0 Å². The molecule has 0 unspecified atom stereocenters. The molecule has 0 atom stereocenters. The Morgan fingerprint density at radius 1 is 1.00 bits per heavy atom. The van der Waals surface area contributed by atoms with Crippen LogP contribution >= 0.6 is 24.0 Å². The fourth-order valence-corrected chi connectivity index (χ4v) is 2.31. The van der Waals surface area contributed by atoms with Gasteiger partial charge in [-0.05, 0) is 42.5 Å². The lowest BCUT2D eigenvalue weighted by atomic mass is 10.1. The molecule has 0 saturated heterocycles. The molecule has 2 rings (SSSR count). The van der Waals surface area contributed by atoms with E-state index in [-0.39, 0.29) is 24.0 Å². The van der Waals surface area contributed by atoms with Gasteiger partial charge in [-0.2, -0.15) is 0 Å². The molecule has 0 aliphatic heterocycles. The molecular formula is C19H26IN3O. The highest BCUT2D eigenvalue weighted by atomic mass is 127. The van der Waals surface area contributed by atoms with Gasteiger partial charge >= 0.3 is 0 Å². The topological polar surface area (TPSA) is 59.6 Å². The number of guanidine groups is 1. The maximum absolute atomic E-state index is 5.88. The van der Waals surface area contributed by atoms with Crippen LogP contribution in [0.15, 0.2) is 59.6 Å². The van der Waals surface area contributed by atoms with Crippen LogP contribution in [0.3, 0.4) is 0 Å². The maximum Gasteiger partial charge on any atom is 0.188 e. The van der Waals surface area contributed by atoms with Crippen molar-refractivity contribution in [1.82, 2.24) is 5.32 Å². The van der Waals surface area contributed by atoms with Crippen LogP contribution in [-0.2, 0) is 12.8 Å². The molecular weight excluding hydrogens is 413 g/mol. The number of nitrogens with two attached hydrogens (primary N) is 1. The summed E-state index contributed by atoms with van der Waals surface area (Å²) in [5, 5.41) is 3.15. The second-order valence-electron chi connectivity index (χ2n) is 5.38. The van der Waals surface area contributed by atoms with Gasteiger partial charge in [-0.3, -0.25) is 4.99 Å². The lowest BCUT2D eigenvalue weighted by molar-refractivity contribution is 0.414. The SMILES string of the molecule is COc1ccc(CCNC(N)=NCCCc2ccccc2)cc1.I. The fraction of sp³-hybridized carbons (Fsp3) is 0.316. The van der Waals surface area contributed by atoms with Gasteiger partial charge in [-0.1, -0.05) is 42.5 Å². The van der Waals surface area contributed by atoms with Gasteiger partial charge in [-0.15, -0.1) is 24.0 Å². The number of nitrogens with one attached hydrogen (secondary N) is 1. The number of aryl methyl sites for hydroxylation is 1. The van der Waals surface area contributed by atoms with Crippen molar-refractivity contribution in [3.8, 4) is 5.75 Å². The van der Waals surface area contributed by atoms with E-state index in [1.807, 2.05) is 18.2 Å². The van der Waals surface area contributed by atoms with Crippen molar-refractivity contribution in [2.45, 2.75) is 19.3 Å². The first-order valence-corrected chi connectivity index (χ1v) is 7.98. The average molecular weight is 439 g/mol. The van der Waals surface area contributed by atoms with Gasteiger partial charge in [0, 0.05) is 13.1 Å². The zero-order chi connectivity index (χ0) is 16.3. The molecule has 0 saturated carbocycles. The van der Waals surface area contributed by atoms with Gasteiger partial charge in [-0.25, -0.2) is 0 Å². The summed E-state index contributed by atoms with van der Waals surface area (Å²) in [5.41, 5.74) is 8.47. The van der Waals surface area contributed by atoms with E-state index < -0.39 is 0 Å². The maximum atomic E-state index is 5.88. The molecule has 130 valence electrons. The first-order valence-electron chi connectivity index (χ1n) is 7.98. The van der Waals surface area contributed by atoms with Crippen molar-refractivity contribution in [3.05, 3.63) is 65.7 Å². The van der Waals surface area contributed by atoms with Gasteiger partial charge in [0.05, 0.1) is 7.11 Å². The number of halogens is 1. The van der Waals surface area contributed by atoms with Crippen LogP contribution in [-0.4, -0.2) is 26.2 Å². The molecule has 4 nitrogen and oxygen atoms in total. The smallest absolute Gasteiger partial charge is 0.188 e. The number of benzene rings is 2. The molecule has 3 N–H and O–H groups in total. The molecule has 24 heavy (non-hydrogen) atoms. The Balaban J connectivity index is 0.00000288. The number of rotatable bonds is 8. The largest absolute Gasteiger partial charge is 0.497 e. The molecule has 0 aliphatic carbocycles. The molecule has 0 aliphatic rings. The predicted octanol–water partition coefficient (Wildman–Crippen LogP) is 3.39. The van der Waals surface area contributed by atoms with Crippen molar-refractivity contribution in [1.29, 1.82) is 0 Å². The zero-order valence-corrected chi connectivity index (χ0v) is 16.4. The molecule has 0 bridgehead atoms. The highest BCUT2D eigenvalue weighted by Crippen LogP contribution is 2.11. The molecule has 2 aromatic carbocycles. The van der Waals surface area contributed by atoms with E-state index >= 15 is 0 Å². The summed E-state index contributed by atoms with van der Waals surface area (Å²) in [4.78, 5) is 4.36. The quantitative estimate of drug-likeness (QED) is 0.287. The van der Waals surface area contributed by atoms with Crippen molar-refractivity contribution in [2.24, 2.45) is 10.7 Å². The number of methoxy groups -OCH3 is 1. The summed E-state index contributed by atoms with van der Waals surface area (Å²) in [6, 6.07) is 18.5. The summed E-state index contributed by atoms with van der Waals surface area (Å²) in [7, 11) is 1.67. The second-order valence-corrected chi connectivity index (χ2v) is 5.38. The van der Waals surface area contributed by atoms with E-state index in [9.17, 15) is 0 Å². The van der Waals surface area contributed by atoms with Crippen molar-refractivity contribution >= 4 is 29.9 Å². The monoisotopic (exact) mass is 439 g/mol. The van der Waals surface area contributed by atoms with Crippen molar-refractivity contribution in [3.63, 3.8) is 0 Å². The normalized spacial score (nSPS) is 10.8. The molecule has 0 amide bonds. The predicted molar refractivity (Wildman–Crippen MR) is 111 cm³/mol. The molecule has 2 aromatic rings.